The van der Waals surface area contributed by atoms with Gasteiger partial charge in [0.05, 0.1) is 11.3 Å². The maximum atomic E-state index is 12.2. The molecule has 0 spiro atoms. The lowest BCUT2D eigenvalue weighted by atomic mass is 10.2. The van der Waals surface area contributed by atoms with Crippen molar-refractivity contribution in [3.05, 3.63) is 60.0 Å². The first kappa shape index (κ1) is 15.3. The highest BCUT2D eigenvalue weighted by Crippen LogP contribution is 2.23. The van der Waals surface area contributed by atoms with Gasteiger partial charge in [-0.1, -0.05) is 30.9 Å². The Bertz CT molecular complexity index is 736. The zero-order chi connectivity index (χ0) is 15.3. The topological polar surface area (TPSA) is 72.5 Å². The largest absolute Gasteiger partial charge is 0.458 e. The van der Waals surface area contributed by atoms with E-state index in [-0.39, 0.29) is 22.1 Å². The molecule has 7 heteroatoms. The number of nitrogens with one attached hydrogen (secondary N) is 1. The average molecular weight is 323 g/mol. The Balaban J connectivity index is 2.29. The molecule has 0 aliphatic carbocycles. The second-order valence-electron chi connectivity index (χ2n) is 3.97. The van der Waals surface area contributed by atoms with Crippen LogP contribution in [0.15, 0.2) is 58.6 Å². The van der Waals surface area contributed by atoms with Crippen LogP contribution in [0.25, 0.3) is 0 Å². The third kappa shape index (κ3) is 3.71. The fourth-order valence-electron chi connectivity index (χ4n) is 1.57. The lowest BCUT2D eigenvalue weighted by Gasteiger charge is -2.10. The highest BCUT2D eigenvalue weighted by atomic mass is 32.2. The minimum atomic E-state index is -3.71. The molecule has 1 aromatic carbocycles. The van der Waals surface area contributed by atoms with Gasteiger partial charge >= 0.3 is 5.97 Å². The van der Waals surface area contributed by atoms with E-state index in [1.54, 1.807) is 23.6 Å². The number of thiophene rings is 1. The lowest BCUT2D eigenvalue weighted by Crippen LogP contribution is -2.15. The van der Waals surface area contributed by atoms with E-state index < -0.39 is 16.0 Å². The number of hydrogen-bond donors (Lipinski definition) is 1. The van der Waals surface area contributed by atoms with Crippen LogP contribution in [0, 0.1) is 0 Å². The van der Waals surface area contributed by atoms with E-state index in [1.165, 1.54) is 24.3 Å². The number of esters is 1. The Labute approximate surface area is 126 Å². The van der Waals surface area contributed by atoms with Crippen molar-refractivity contribution in [2.75, 3.05) is 11.3 Å². The van der Waals surface area contributed by atoms with Gasteiger partial charge in [-0.05, 0) is 23.6 Å². The smallest absolute Gasteiger partial charge is 0.340 e. The van der Waals surface area contributed by atoms with Crippen molar-refractivity contribution in [1.29, 1.82) is 0 Å². The van der Waals surface area contributed by atoms with Crippen molar-refractivity contribution < 1.29 is 17.9 Å². The van der Waals surface area contributed by atoms with Crippen LogP contribution in [0.1, 0.15) is 10.4 Å². The normalized spacial score (nSPS) is 10.9. The lowest BCUT2D eigenvalue weighted by molar-refractivity contribution is 0.0551. The van der Waals surface area contributed by atoms with Crippen molar-refractivity contribution in [2.24, 2.45) is 0 Å². The van der Waals surface area contributed by atoms with E-state index in [4.69, 9.17) is 4.74 Å². The van der Waals surface area contributed by atoms with Gasteiger partial charge < -0.3 is 4.74 Å². The molecule has 2 aromatic rings. The molecular formula is C14H13NO4S2. The van der Waals surface area contributed by atoms with Crippen LogP contribution in [0.3, 0.4) is 0 Å². The van der Waals surface area contributed by atoms with Gasteiger partial charge in [0.1, 0.15) is 10.8 Å². The molecule has 110 valence electrons. The Morgan fingerprint density at radius 1 is 1.29 bits per heavy atom. The zero-order valence-electron chi connectivity index (χ0n) is 11.0. The SMILES string of the molecule is C=CCOC(=O)c1ccccc1NS(=O)(=O)c1cccs1. The van der Waals surface area contributed by atoms with E-state index in [2.05, 4.69) is 11.3 Å². The highest BCUT2D eigenvalue weighted by molar-refractivity contribution is 7.94. The summed E-state index contributed by atoms with van der Waals surface area (Å²) in [7, 11) is -3.71. The summed E-state index contributed by atoms with van der Waals surface area (Å²) in [6, 6.07) is 9.41. The second kappa shape index (κ2) is 6.55. The number of sulfonamides is 1. The van der Waals surface area contributed by atoms with Crippen molar-refractivity contribution in [1.82, 2.24) is 0 Å². The van der Waals surface area contributed by atoms with Gasteiger partial charge in [-0.15, -0.1) is 11.3 Å². The molecule has 1 aromatic heterocycles. The highest BCUT2D eigenvalue weighted by Gasteiger charge is 2.19. The number of carbonyl (C=O) groups is 1. The van der Waals surface area contributed by atoms with Crippen molar-refractivity contribution in [3.63, 3.8) is 0 Å². The first-order valence-corrected chi connectivity index (χ1v) is 8.34. The van der Waals surface area contributed by atoms with E-state index in [9.17, 15) is 13.2 Å². The minimum absolute atomic E-state index is 0.0604. The number of rotatable bonds is 6. The maximum Gasteiger partial charge on any atom is 0.340 e. The van der Waals surface area contributed by atoms with Crippen LogP contribution in [-0.4, -0.2) is 21.0 Å². The van der Waals surface area contributed by atoms with Gasteiger partial charge in [0.2, 0.25) is 0 Å². The summed E-state index contributed by atoms with van der Waals surface area (Å²) in [5.41, 5.74) is 0.333. The molecule has 0 aliphatic heterocycles. The molecule has 0 saturated carbocycles. The van der Waals surface area contributed by atoms with Crippen LogP contribution in [0.2, 0.25) is 0 Å². The summed E-state index contributed by atoms with van der Waals surface area (Å²) >= 11 is 1.10. The van der Waals surface area contributed by atoms with Gasteiger partial charge in [0.15, 0.2) is 0 Å². The number of para-hydroxylation sites is 1. The van der Waals surface area contributed by atoms with Crippen LogP contribution in [0.4, 0.5) is 5.69 Å². The first-order chi connectivity index (χ1) is 10.0. The molecule has 0 amide bonds. The Morgan fingerprint density at radius 3 is 2.71 bits per heavy atom. The molecule has 0 unspecified atom stereocenters. The van der Waals surface area contributed by atoms with Crippen molar-refractivity contribution in [2.45, 2.75) is 4.21 Å². The van der Waals surface area contributed by atoms with E-state index in [0.29, 0.717) is 0 Å². The Kier molecular flexibility index (Phi) is 4.77. The average Bonchev–Trinajstić information content (AvgIpc) is 3.00. The third-order valence-electron chi connectivity index (χ3n) is 2.48. The predicted molar refractivity (Wildman–Crippen MR) is 82.0 cm³/mol. The summed E-state index contributed by atoms with van der Waals surface area (Å²) in [5, 5.41) is 1.67. The van der Waals surface area contributed by atoms with Crippen LogP contribution in [0.5, 0.6) is 0 Å². The summed E-state index contributed by atoms with van der Waals surface area (Å²) in [4.78, 5) is 11.9. The molecule has 5 nitrogen and oxygen atoms in total. The fraction of sp³-hybridized carbons (Fsp3) is 0.0714. The number of carbonyl (C=O) groups excluding carboxylic acids is 1. The number of anilines is 1. The van der Waals surface area contributed by atoms with Crippen LogP contribution >= 0.6 is 11.3 Å². The molecular weight excluding hydrogens is 310 g/mol. The zero-order valence-corrected chi connectivity index (χ0v) is 12.6. The standard InChI is InChI=1S/C14H13NO4S2/c1-2-9-19-14(16)11-6-3-4-7-12(11)15-21(17,18)13-8-5-10-20-13/h2-8,10,15H,1,9H2. The second-order valence-corrected chi connectivity index (χ2v) is 6.83. The van der Waals surface area contributed by atoms with E-state index >= 15 is 0 Å². The first-order valence-electron chi connectivity index (χ1n) is 5.98. The molecule has 0 saturated heterocycles. The molecule has 21 heavy (non-hydrogen) atoms. The van der Waals surface area contributed by atoms with Crippen LogP contribution in [-0.2, 0) is 14.8 Å². The maximum absolute atomic E-state index is 12.2. The van der Waals surface area contributed by atoms with E-state index in [0.717, 1.165) is 11.3 Å². The summed E-state index contributed by atoms with van der Waals surface area (Å²) in [6.07, 6.45) is 1.44. The summed E-state index contributed by atoms with van der Waals surface area (Å²) in [6.45, 7) is 3.51. The summed E-state index contributed by atoms with van der Waals surface area (Å²) < 4.78 is 31.9. The van der Waals surface area contributed by atoms with Gasteiger partial charge in [0.25, 0.3) is 10.0 Å². The predicted octanol–water partition coefficient (Wildman–Crippen LogP) is 2.89. The molecule has 0 radical (unpaired) electrons. The number of hydrogen-bond acceptors (Lipinski definition) is 5. The molecule has 2 rings (SSSR count). The molecule has 0 fully saturated rings. The monoisotopic (exact) mass is 323 g/mol. The van der Waals surface area contributed by atoms with Gasteiger partial charge in [-0.25, -0.2) is 13.2 Å². The Morgan fingerprint density at radius 2 is 2.05 bits per heavy atom. The van der Waals surface area contributed by atoms with Gasteiger partial charge in [-0.3, -0.25) is 4.72 Å². The molecule has 1 heterocycles. The molecule has 1 N–H and O–H groups in total. The Hall–Kier alpha value is -2.12. The van der Waals surface area contributed by atoms with Crippen molar-refractivity contribution in [3.8, 4) is 0 Å². The molecule has 0 aliphatic rings. The fourth-order valence-corrected chi connectivity index (χ4v) is 3.65. The number of benzene rings is 1. The van der Waals surface area contributed by atoms with Crippen LogP contribution < -0.4 is 4.72 Å². The van der Waals surface area contributed by atoms with E-state index in [1.807, 2.05) is 0 Å². The quantitative estimate of drug-likeness (QED) is 0.655. The molecule has 0 bridgehead atoms. The van der Waals surface area contributed by atoms with Gasteiger partial charge in [0, 0.05) is 0 Å². The molecule has 0 atom stereocenters. The third-order valence-corrected chi connectivity index (χ3v) is 5.25. The number of ether oxygens (including phenoxy) is 1. The minimum Gasteiger partial charge on any atom is -0.458 e. The summed E-state index contributed by atoms with van der Waals surface area (Å²) in [5.74, 6) is -0.612. The van der Waals surface area contributed by atoms with Gasteiger partial charge in [-0.2, -0.15) is 0 Å². The van der Waals surface area contributed by atoms with Crippen molar-refractivity contribution >= 4 is 33.0 Å².